The summed E-state index contributed by atoms with van der Waals surface area (Å²) in [6.45, 7) is 0.735. The molecule has 2 heterocycles. The lowest BCUT2D eigenvalue weighted by Crippen LogP contribution is -2.16. The van der Waals surface area contributed by atoms with Gasteiger partial charge in [0.15, 0.2) is 5.82 Å². The topological polar surface area (TPSA) is 51.0 Å². The Hall–Kier alpha value is -1.20. The Morgan fingerprint density at radius 1 is 1.39 bits per heavy atom. The standard InChI is InChI=1S/C13H17N3OS/c1(3-11-4-2-8-18-11)5-13-15-12(16-17-13)9-14-10-6-7-10/h2,4,8,10,14H,1,3,5-7,9H2. The van der Waals surface area contributed by atoms with E-state index < -0.39 is 0 Å². The molecule has 0 unspecified atom stereocenters. The summed E-state index contributed by atoms with van der Waals surface area (Å²) in [6, 6.07) is 4.95. The van der Waals surface area contributed by atoms with Crippen molar-refractivity contribution in [3.63, 3.8) is 0 Å². The molecular formula is C13H17N3OS. The maximum atomic E-state index is 5.24. The lowest BCUT2D eigenvalue weighted by molar-refractivity contribution is 0.369. The van der Waals surface area contributed by atoms with Crippen LogP contribution in [0.25, 0.3) is 0 Å². The molecule has 2 aromatic heterocycles. The molecule has 0 amide bonds. The molecule has 0 aromatic carbocycles. The highest BCUT2D eigenvalue weighted by molar-refractivity contribution is 7.09. The first kappa shape index (κ1) is 11.9. The van der Waals surface area contributed by atoms with E-state index >= 15 is 0 Å². The van der Waals surface area contributed by atoms with Gasteiger partial charge in [-0.15, -0.1) is 11.3 Å². The summed E-state index contributed by atoms with van der Waals surface area (Å²) in [6.07, 6.45) is 5.60. The quantitative estimate of drug-likeness (QED) is 0.834. The van der Waals surface area contributed by atoms with Crippen LogP contribution in [-0.2, 0) is 19.4 Å². The lowest BCUT2D eigenvalue weighted by atomic mass is 10.2. The van der Waals surface area contributed by atoms with Crippen molar-refractivity contribution in [2.75, 3.05) is 0 Å². The molecule has 0 aliphatic heterocycles. The highest BCUT2D eigenvalue weighted by Crippen LogP contribution is 2.19. The van der Waals surface area contributed by atoms with E-state index in [1.807, 2.05) is 0 Å². The molecule has 1 saturated carbocycles. The molecule has 1 aliphatic carbocycles. The summed E-state index contributed by atoms with van der Waals surface area (Å²) in [5.74, 6) is 1.55. The SMILES string of the molecule is c1csc(CCCc2nc(CNC3CC3)no2)c1. The number of nitrogens with one attached hydrogen (secondary N) is 1. The second-order valence-corrected chi connectivity index (χ2v) is 5.72. The average molecular weight is 263 g/mol. The highest BCUT2D eigenvalue weighted by atomic mass is 32.1. The predicted molar refractivity (Wildman–Crippen MR) is 70.5 cm³/mol. The maximum absolute atomic E-state index is 5.24. The van der Waals surface area contributed by atoms with Crippen molar-refractivity contribution in [3.05, 3.63) is 34.1 Å². The highest BCUT2D eigenvalue weighted by Gasteiger charge is 2.20. The number of rotatable bonds is 7. The van der Waals surface area contributed by atoms with Crippen LogP contribution in [0.3, 0.4) is 0 Å². The number of nitrogens with zero attached hydrogens (tertiary/aromatic N) is 2. The third-order valence-corrected chi connectivity index (χ3v) is 3.97. The van der Waals surface area contributed by atoms with Crippen LogP contribution in [0.1, 0.15) is 35.9 Å². The van der Waals surface area contributed by atoms with Crippen LogP contribution < -0.4 is 5.32 Å². The van der Waals surface area contributed by atoms with E-state index in [1.165, 1.54) is 17.7 Å². The number of hydrogen-bond donors (Lipinski definition) is 1. The minimum absolute atomic E-state index is 0.686. The van der Waals surface area contributed by atoms with Crippen LogP contribution in [0.15, 0.2) is 22.0 Å². The first-order chi connectivity index (χ1) is 8.90. The molecule has 4 nitrogen and oxygen atoms in total. The fraction of sp³-hybridized carbons (Fsp3) is 0.538. The summed E-state index contributed by atoms with van der Waals surface area (Å²) in [5.41, 5.74) is 0. The Morgan fingerprint density at radius 2 is 2.33 bits per heavy atom. The van der Waals surface area contributed by atoms with Crippen LogP contribution in [0.5, 0.6) is 0 Å². The zero-order valence-electron chi connectivity index (χ0n) is 10.3. The molecule has 0 atom stereocenters. The van der Waals surface area contributed by atoms with Crippen molar-refractivity contribution in [1.29, 1.82) is 0 Å². The number of aromatic nitrogens is 2. The van der Waals surface area contributed by atoms with E-state index in [1.54, 1.807) is 11.3 Å². The molecule has 0 spiro atoms. The molecule has 0 saturated heterocycles. The molecule has 5 heteroatoms. The molecule has 0 bridgehead atoms. The van der Waals surface area contributed by atoms with E-state index in [0.717, 1.165) is 37.5 Å². The van der Waals surface area contributed by atoms with Gasteiger partial charge in [0.05, 0.1) is 6.54 Å². The normalized spacial score (nSPS) is 15.1. The maximum Gasteiger partial charge on any atom is 0.226 e. The van der Waals surface area contributed by atoms with E-state index in [9.17, 15) is 0 Å². The summed E-state index contributed by atoms with van der Waals surface area (Å²) in [7, 11) is 0. The summed E-state index contributed by atoms with van der Waals surface area (Å²) >= 11 is 1.80. The van der Waals surface area contributed by atoms with E-state index in [4.69, 9.17) is 4.52 Å². The smallest absolute Gasteiger partial charge is 0.226 e. The van der Waals surface area contributed by atoms with Crippen molar-refractivity contribution in [2.45, 2.75) is 44.7 Å². The predicted octanol–water partition coefficient (Wildman–Crippen LogP) is 2.56. The van der Waals surface area contributed by atoms with Crippen LogP contribution in [-0.4, -0.2) is 16.2 Å². The van der Waals surface area contributed by atoms with Gasteiger partial charge in [-0.1, -0.05) is 11.2 Å². The zero-order valence-corrected chi connectivity index (χ0v) is 11.1. The fourth-order valence-corrected chi connectivity index (χ4v) is 2.61. The minimum Gasteiger partial charge on any atom is -0.339 e. The molecule has 1 N–H and O–H groups in total. The summed E-state index contributed by atoms with van der Waals surface area (Å²) in [4.78, 5) is 5.81. The Morgan fingerprint density at radius 3 is 3.11 bits per heavy atom. The van der Waals surface area contributed by atoms with Crippen LogP contribution in [0.2, 0.25) is 0 Å². The minimum atomic E-state index is 0.686. The van der Waals surface area contributed by atoms with E-state index in [0.29, 0.717) is 6.04 Å². The molecule has 2 aromatic rings. The third kappa shape index (κ3) is 3.40. The number of aryl methyl sites for hydroxylation is 2. The summed E-state index contributed by atoms with van der Waals surface area (Å²) in [5, 5.41) is 9.48. The second-order valence-electron chi connectivity index (χ2n) is 4.69. The van der Waals surface area contributed by atoms with Crippen molar-refractivity contribution in [3.8, 4) is 0 Å². The number of thiophene rings is 1. The first-order valence-electron chi connectivity index (χ1n) is 6.47. The lowest BCUT2D eigenvalue weighted by Gasteiger charge is -1.95. The van der Waals surface area contributed by atoms with Gasteiger partial charge in [-0.3, -0.25) is 0 Å². The molecule has 3 rings (SSSR count). The molecular weight excluding hydrogens is 246 g/mol. The van der Waals surface area contributed by atoms with E-state index in [-0.39, 0.29) is 0 Å². The second kappa shape index (κ2) is 5.63. The van der Waals surface area contributed by atoms with Gasteiger partial charge in [-0.2, -0.15) is 4.98 Å². The van der Waals surface area contributed by atoms with Crippen LogP contribution in [0, 0.1) is 0 Å². The average Bonchev–Trinajstić information content (AvgIpc) is 2.89. The van der Waals surface area contributed by atoms with Gasteiger partial charge in [0.25, 0.3) is 0 Å². The van der Waals surface area contributed by atoms with Gasteiger partial charge in [-0.05, 0) is 37.1 Å². The zero-order chi connectivity index (χ0) is 12.2. The van der Waals surface area contributed by atoms with Gasteiger partial charge in [-0.25, -0.2) is 0 Å². The molecule has 1 fully saturated rings. The fourth-order valence-electron chi connectivity index (χ4n) is 1.86. The molecule has 1 aliphatic rings. The van der Waals surface area contributed by atoms with Gasteiger partial charge in [0, 0.05) is 17.3 Å². The van der Waals surface area contributed by atoms with Gasteiger partial charge >= 0.3 is 0 Å². The molecule has 18 heavy (non-hydrogen) atoms. The Balaban J connectivity index is 1.41. The monoisotopic (exact) mass is 263 g/mol. The third-order valence-electron chi connectivity index (χ3n) is 3.03. The summed E-state index contributed by atoms with van der Waals surface area (Å²) < 4.78 is 5.24. The first-order valence-corrected chi connectivity index (χ1v) is 7.35. The van der Waals surface area contributed by atoms with Crippen molar-refractivity contribution in [2.24, 2.45) is 0 Å². The number of hydrogen-bond acceptors (Lipinski definition) is 5. The van der Waals surface area contributed by atoms with Crippen LogP contribution >= 0.6 is 11.3 Å². The Labute approximate surface area is 110 Å². The van der Waals surface area contributed by atoms with Gasteiger partial charge in [0.1, 0.15) is 0 Å². The van der Waals surface area contributed by atoms with Crippen LogP contribution in [0.4, 0.5) is 0 Å². The van der Waals surface area contributed by atoms with Gasteiger partial charge in [0.2, 0.25) is 5.89 Å². The largest absolute Gasteiger partial charge is 0.339 e. The molecule has 96 valence electrons. The van der Waals surface area contributed by atoms with E-state index in [2.05, 4.69) is 33.0 Å². The van der Waals surface area contributed by atoms with Crippen molar-refractivity contribution < 1.29 is 4.52 Å². The van der Waals surface area contributed by atoms with Crippen molar-refractivity contribution >= 4 is 11.3 Å². The molecule has 0 radical (unpaired) electrons. The Kier molecular flexibility index (Phi) is 3.71. The van der Waals surface area contributed by atoms with Gasteiger partial charge < -0.3 is 9.84 Å². The Bertz CT molecular complexity index is 476. The van der Waals surface area contributed by atoms with Crippen molar-refractivity contribution in [1.82, 2.24) is 15.5 Å².